The van der Waals surface area contributed by atoms with E-state index in [9.17, 15) is 10.1 Å². The number of nitriles is 1. The number of fused-ring (bicyclic) bond motifs is 2. The summed E-state index contributed by atoms with van der Waals surface area (Å²) < 4.78 is 31.6. The van der Waals surface area contributed by atoms with Crippen molar-refractivity contribution < 1.29 is 28.2 Å². The number of aromatic nitrogens is 2. The number of hydrogen-bond donors (Lipinski definition) is 1. The predicted molar refractivity (Wildman–Crippen MR) is 146 cm³/mol. The first kappa shape index (κ1) is 28.9. The highest BCUT2D eigenvalue weighted by Crippen LogP contribution is 2.52. The minimum absolute atomic E-state index is 0.0363. The van der Waals surface area contributed by atoms with E-state index in [0.717, 1.165) is 5.56 Å². The number of anilines is 1. The lowest BCUT2D eigenvalue weighted by molar-refractivity contribution is -0.203. The van der Waals surface area contributed by atoms with Crippen LogP contribution in [-0.2, 0) is 23.4 Å². The SMILES string of the molecule is CC(C)(C)OC(=O)Nc1ncnc2c([C@@H]3O[C@](C#N)(CO[Si](C)(C)C(C)(C)C)[C@H]4OC(C)(C)O[C@@H]34)csc12. The summed E-state index contributed by atoms with van der Waals surface area (Å²) in [6, 6.07) is 2.38. The fraction of sp³-hybridized carbons (Fsp3) is 0.692. The van der Waals surface area contributed by atoms with Crippen molar-refractivity contribution in [2.75, 3.05) is 11.9 Å². The van der Waals surface area contributed by atoms with Gasteiger partial charge < -0.3 is 23.4 Å². The normalized spacial score (nSPS) is 27.2. The molecule has 0 bridgehead atoms. The van der Waals surface area contributed by atoms with Crippen molar-refractivity contribution in [2.24, 2.45) is 0 Å². The van der Waals surface area contributed by atoms with Gasteiger partial charge in [-0.3, -0.25) is 5.32 Å². The second-order valence-electron chi connectivity index (χ2n) is 12.8. The van der Waals surface area contributed by atoms with Crippen LogP contribution in [0.2, 0.25) is 18.1 Å². The van der Waals surface area contributed by atoms with E-state index < -0.39 is 49.7 Å². The Bertz CT molecular complexity index is 1260. The van der Waals surface area contributed by atoms with Gasteiger partial charge in [-0.05, 0) is 58.1 Å². The summed E-state index contributed by atoms with van der Waals surface area (Å²) >= 11 is 1.37. The van der Waals surface area contributed by atoms with Gasteiger partial charge in [0.15, 0.2) is 19.9 Å². The third kappa shape index (κ3) is 5.45. The molecule has 0 unspecified atom stereocenters. The molecule has 1 N–H and O–H groups in total. The Morgan fingerprint density at radius 3 is 2.47 bits per heavy atom. The van der Waals surface area contributed by atoms with E-state index in [4.69, 9.17) is 23.4 Å². The summed E-state index contributed by atoms with van der Waals surface area (Å²) in [6.07, 6.45) is -1.07. The molecule has 0 saturated carbocycles. The van der Waals surface area contributed by atoms with Gasteiger partial charge in [0.25, 0.3) is 0 Å². The predicted octanol–water partition coefficient (Wildman–Crippen LogP) is 5.91. The molecular weight excluding hydrogens is 524 g/mol. The fourth-order valence-corrected chi connectivity index (χ4v) is 6.27. The lowest BCUT2D eigenvalue weighted by atomic mass is 9.95. The molecule has 4 heterocycles. The number of thiophene rings is 1. The van der Waals surface area contributed by atoms with E-state index in [1.165, 1.54) is 17.7 Å². The number of amides is 1. The van der Waals surface area contributed by atoms with E-state index in [0.29, 0.717) is 16.0 Å². The van der Waals surface area contributed by atoms with Crippen molar-refractivity contribution in [3.05, 3.63) is 17.3 Å². The van der Waals surface area contributed by atoms with Crippen LogP contribution in [0.15, 0.2) is 11.7 Å². The number of carbonyl (C=O) groups excluding carboxylic acids is 1. The third-order valence-electron chi connectivity index (χ3n) is 7.17. The molecule has 208 valence electrons. The summed E-state index contributed by atoms with van der Waals surface area (Å²) in [6.45, 7) is 19.8. The number of hydrogen-bond acceptors (Lipinski definition) is 10. The maximum absolute atomic E-state index is 12.4. The van der Waals surface area contributed by atoms with Crippen LogP contribution in [0.3, 0.4) is 0 Å². The van der Waals surface area contributed by atoms with Gasteiger partial charge >= 0.3 is 6.09 Å². The molecule has 0 spiro atoms. The van der Waals surface area contributed by atoms with Crippen LogP contribution in [0.5, 0.6) is 0 Å². The smallest absolute Gasteiger partial charge is 0.413 e. The molecule has 1 amide bonds. The molecule has 10 nitrogen and oxygen atoms in total. The molecule has 0 radical (unpaired) electrons. The molecule has 38 heavy (non-hydrogen) atoms. The van der Waals surface area contributed by atoms with Crippen LogP contribution in [0.4, 0.5) is 10.6 Å². The van der Waals surface area contributed by atoms with Crippen LogP contribution >= 0.6 is 11.3 Å². The van der Waals surface area contributed by atoms with Crippen LogP contribution in [0.25, 0.3) is 10.2 Å². The average Bonchev–Trinajstić information content (AvgIpc) is 3.41. The van der Waals surface area contributed by atoms with Crippen LogP contribution in [0.1, 0.15) is 67.1 Å². The summed E-state index contributed by atoms with van der Waals surface area (Å²) in [5.41, 5.74) is -0.673. The number of nitrogens with zero attached hydrogens (tertiary/aromatic N) is 3. The number of carbonyl (C=O) groups is 1. The van der Waals surface area contributed by atoms with E-state index in [1.807, 2.05) is 19.2 Å². The molecule has 0 aliphatic carbocycles. The highest BCUT2D eigenvalue weighted by molar-refractivity contribution is 7.18. The first-order valence-corrected chi connectivity index (χ1v) is 16.5. The van der Waals surface area contributed by atoms with Crippen LogP contribution in [-0.4, -0.2) is 60.2 Å². The van der Waals surface area contributed by atoms with Crippen molar-refractivity contribution >= 4 is 41.8 Å². The quantitative estimate of drug-likeness (QED) is 0.442. The zero-order valence-electron chi connectivity index (χ0n) is 23.8. The Morgan fingerprint density at radius 2 is 1.87 bits per heavy atom. The molecule has 12 heteroatoms. The first-order valence-electron chi connectivity index (χ1n) is 12.7. The fourth-order valence-electron chi connectivity index (χ4n) is 4.28. The zero-order chi connectivity index (χ0) is 28.3. The van der Waals surface area contributed by atoms with Crippen molar-refractivity contribution in [1.82, 2.24) is 9.97 Å². The highest BCUT2D eigenvalue weighted by Gasteiger charge is 2.64. The summed E-state index contributed by atoms with van der Waals surface area (Å²) in [5, 5.41) is 15.0. The maximum Gasteiger partial charge on any atom is 0.413 e. The van der Waals surface area contributed by atoms with Gasteiger partial charge in [0, 0.05) is 5.56 Å². The Labute approximate surface area is 229 Å². The van der Waals surface area contributed by atoms with Gasteiger partial charge in [-0.15, -0.1) is 11.3 Å². The Kier molecular flexibility index (Phi) is 7.21. The molecule has 2 aliphatic heterocycles. The minimum Gasteiger partial charge on any atom is -0.444 e. The summed E-state index contributed by atoms with van der Waals surface area (Å²) in [7, 11) is -2.19. The van der Waals surface area contributed by atoms with Gasteiger partial charge in [0.05, 0.1) is 16.8 Å². The van der Waals surface area contributed by atoms with Crippen molar-refractivity contribution in [2.45, 2.75) is 109 Å². The largest absolute Gasteiger partial charge is 0.444 e. The lowest BCUT2D eigenvalue weighted by Gasteiger charge is -2.39. The molecule has 2 aromatic heterocycles. The second kappa shape index (κ2) is 9.50. The Morgan fingerprint density at radius 1 is 1.18 bits per heavy atom. The monoisotopic (exact) mass is 562 g/mol. The van der Waals surface area contributed by atoms with E-state index in [2.05, 4.69) is 55.2 Å². The van der Waals surface area contributed by atoms with Crippen molar-refractivity contribution in [1.29, 1.82) is 5.26 Å². The topological polar surface area (TPSA) is 125 Å². The average molecular weight is 563 g/mol. The molecule has 4 rings (SSSR count). The molecule has 0 aromatic carbocycles. The first-order chi connectivity index (χ1) is 17.4. The molecule has 2 saturated heterocycles. The van der Waals surface area contributed by atoms with Crippen molar-refractivity contribution in [3.63, 3.8) is 0 Å². The van der Waals surface area contributed by atoms with Crippen LogP contribution in [0, 0.1) is 11.3 Å². The molecule has 2 aromatic rings. The highest BCUT2D eigenvalue weighted by atomic mass is 32.1. The van der Waals surface area contributed by atoms with E-state index in [-0.39, 0.29) is 11.6 Å². The molecular formula is C26H38N4O6SSi. The van der Waals surface area contributed by atoms with Gasteiger partial charge in [-0.2, -0.15) is 5.26 Å². The molecule has 2 fully saturated rings. The molecule has 4 atom stereocenters. The second-order valence-corrected chi connectivity index (χ2v) is 18.5. The third-order valence-corrected chi connectivity index (χ3v) is 12.6. The lowest BCUT2D eigenvalue weighted by Crippen LogP contribution is -2.51. The van der Waals surface area contributed by atoms with Crippen molar-refractivity contribution in [3.8, 4) is 6.07 Å². The number of rotatable bonds is 5. The maximum atomic E-state index is 12.4. The minimum atomic E-state index is -2.19. The van der Waals surface area contributed by atoms with Gasteiger partial charge in [0.1, 0.15) is 36.3 Å². The number of nitrogens with one attached hydrogen (secondary N) is 1. The van der Waals surface area contributed by atoms with E-state index in [1.54, 1.807) is 20.8 Å². The molecule has 2 aliphatic rings. The standard InChI is InChI=1S/C26H38N4O6SSi/c1-23(2,3)36-22(31)30-21-19-16(28-14-29-21)15(11-37-19)17-18-20(35-25(7,8)33-18)26(12-27,34-17)13-32-38(9,10)24(4,5)6/h11,14,17-18,20H,13H2,1-10H3,(H,28,29,30,31)/t17-,18-,20-,26+/m0/s1. The van der Waals surface area contributed by atoms with Crippen LogP contribution < -0.4 is 5.32 Å². The van der Waals surface area contributed by atoms with Gasteiger partial charge in [-0.1, -0.05) is 20.8 Å². The Balaban J connectivity index is 1.68. The number of ether oxygens (including phenoxy) is 4. The van der Waals surface area contributed by atoms with Gasteiger partial charge in [0.2, 0.25) is 5.60 Å². The summed E-state index contributed by atoms with van der Waals surface area (Å²) in [5.74, 6) is -0.563. The van der Waals surface area contributed by atoms with E-state index >= 15 is 0 Å². The Hall–Kier alpha value is -2.14. The summed E-state index contributed by atoms with van der Waals surface area (Å²) in [4.78, 5) is 21.2. The van der Waals surface area contributed by atoms with Gasteiger partial charge in [-0.25, -0.2) is 14.8 Å². The zero-order valence-corrected chi connectivity index (χ0v) is 25.6.